The highest BCUT2D eigenvalue weighted by molar-refractivity contribution is 7.56. The van der Waals surface area contributed by atoms with E-state index in [1.165, 1.54) is 49.7 Å². The number of aryl methyl sites for hydroxylation is 1. The van der Waals surface area contributed by atoms with Gasteiger partial charge in [0.25, 0.3) is 0 Å². The predicted molar refractivity (Wildman–Crippen MR) is 104 cm³/mol. The van der Waals surface area contributed by atoms with E-state index in [9.17, 15) is 0 Å². The molecule has 1 unspecified atom stereocenters. The number of benzene rings is 1. The molecule has 1 aromatic carbocycles. The van der Waals surface area contributed by atoms with Crippen LogP contribution in [0.3, 0.4) is 0 Å². The van der Waals surface area contributed by atoms with E-state index >= 15 is 0 Å². The molecule has 0 nitrogen and oxygen atoms in total. The fraction of sp³-hybridized carbons (Fsp3) is 0.647. The lowest BCUT2D eigenvalue weighted by Crippen LogP contribution is -2.08. The van der Waals surface area contributed by atoms with Crippen molar-refractivity contribution >= 4 is 30.4 Å². The van der Waals surface area contributed by atoms with Crippen LogP contribution in [-0.2, 0) is 12.8 Å². The van der Waals surface area contributed by atoms with Crippen LogP contribution >= 0.6 is 25.1 Å². The van der Waals surface area contributed by atoms with Gasteiger partial charge in [-0.1, -0.05) is 24.6 Å². The second-order valence-corrected chi connectivity index (χ2v) is 12.0. The van der Waals surface area contributed by atoms with Gasteiger partial charge in [0, 0.05) is 0 Å². The lowest BCUT2D eigenvalue weighted by atomic mass is 9.99. The minimum absolute atomic E-state index is 0.223. The van der Waals surface area contributed by atoms with Crippen molar-refractivity contribution in [1.29, 1.82) is 0 Å². The third kappa shape index (κ3) is 7.50. The Balaban J connectivity index is 2.50. The van der Waals surface area contributed by atoms with Crippen LogP contribution in [0.5, 0.6) is 0 Å². The number of unbranched alkanes of at least 4 members (excludes halogenated alkanes) is 2. The van der Waals surface area contributed by atoms with Gasteiger partial charge in [-0.05, 0) is 81.1 Å². The molecule has 0 amide bonds. The van der Waals surface area contributed by atoms with E-state index in [-0.39, 0.29) is 7.92 Å². The SMILES string of the molecule is CP(C)CCCCCc1c(P)cccc1CCP(C)C. The Hall–Kier alpha value is 0.510. The fourth-order valence-electron chi connectivity index (χ4n) is 2.44. The summed E-state index contributed by atoms with van der Waals surface area (Å²) in [7, 11) is 3.46. The highest BCUT2D eigenvalue weighted by Crippen LogP contribution is 2.27. The maximum atomic E-state index is 2.94. The Morgan fingerprint density at radius 2 is 1.55 bits per heavy atom. The number of hydrogen-bond acceptors (Lipinski definition) is 0. The van der Waals surface area contributed by atoms with E-state index in [1.807, 2.05) is 0 Å². The smallest absolute Gasteiger partial charge is 0.0237 e. The first-order valence-electron chi connectivity index (χ1n) is 7.66. The molecule has 0 aliphatic heterocycles. The van der Waals surface area contributed by atoms with Crippen molar-refractivity contribution in [3.63, 3.8) is 0 Å². The van der Waals surface area contributed by atoms with Crippen LogP contribution in [0.1, 0.15) is 30.4 Å². The Bertz CT molecular complexity index is 386. The summed E-state index contributed by atoms with van der Waals surface area (Å²) in [6.07, 6.45) is 9.52. The third-order valence-electron chi connectivity index (χ3n) is 3.67. The Morgan fingerprint density at radius 3 is 2.20 bits per heavy atom. The molecule has 0 saturated heterocycles. The van der Waals surface area contributed by atoms with Gasteiger partial charge in [-0.2, -0.15) is 0 Å². The van der Waals surface area contributed by atoms with Gasteiger partial charge in [0.1, 0.15) is 0 Å². The van der Waals surface area contributed by atoms with E-state index < -0.39 is 0 Å². The maximum absolute atomic E-state index is 2.94. The molecule has 0 N–H and O–H groups in total. The largest absolute Gasteiger partial charge is 0.113 e. The first kappa shape index (κ1) is 18.6. The van der Waals surface area contributed by atoms with Gasteiger partial charge < -0.3 is 0 Å². The average molecular weight is 328 g/mol. The summed E-state index contributed by atoms with van der Waals surface area (Å²) in [4.78, 5) is 0. The zero-order valence-corrected chi connectivity index (χ0v) is 16.6. The van der Waals surface area contributed by atoms with Crippen molar-refractivity contribution in [2.24, 2.45) is 0 Å². The molecule has 0 fully saturated rings. The van der Waals surface area contributed by atoms with Crippen LogP contribution in [0.15, 0.2) is 18.2 Å². The lowest BCUT2D eigenvalue weighted by molar-refractivity contribution is 0.719. The van der Waals surface area contributed by atoms with Gasteiger partial charge in [0.2, 0.25) is 0 Å². The van der Waals surface area contributed by atoms with Gasteiger partial charge in [0.05, 0.1) is 0 Å². The molecule has 0 heterocycles. The first-order valence-corrected chi connectivity index (χ1v) is 13.1. The van der Waals surface area contributed by atoms with Crippen LogP contribution in [0.2, 0.25) is 0 Å². The summed E-state index contributed by atoms with van der Waals surface area (Å²) in [5.41, 5.74) is 3.21. The highest BCUT2D eigenvalue weighted by atomic mass is 31.1. The summed E-state index contributed by atoms with van der Waals surface area (Å²) in [6.45, 7) is 9.54. The van der Waals surface area contributed by atoms with Gasteiger partial charge in [-0.25, -0.2) is 0 Å². The summed E-state index contributed by atoms with van der Waals surface area (Å²) in [5, 5.41) is 1.42. The number of rotatable bonds is 9. The molecule has 114 valence electrons. The van der Waals surface area contributed by atoms with Crippen molar-refractivity contribution in [1.82, 2.24) is 0 Å². The fourth-order valence-corrected chi connectivity index (χ4v) is 4.43. The monoisotopic (exact) mass is 328 g/mol. The first-order chi connectivity index (χ1) is 9.50. The molecule has 0 aromatic heterocycles. The molecular weight excluding hydrogens is 297 g/mol. The summed E-state index contributed by atoms with van der Waals surface area (Å²) in [5.74, 6) is 0. The molecular formula is C17H31P3. The summed E-state index contributed by atoms with van der Waals surface area (Å²) in [6, 6.07) is 6.82. The van der Waals surface area contributed by atoms with Gasteiger partial charge in [-0.15, -0.1) is 25.1 Å². The zero-order chi connectivity index (χ0) is 15.0. The van der Waals surface area contributed by atoms with Gasteiger partial charge in [0.15, 0.2) is 0 Å². The second-order valence-electron chi connectivity index (χ2n) is 6.15. The standard InChI is InChI=1S/C17H31P3/c1-19(2)13-7-5-6-10-16-15(12-14-20(3)4)9-8-11-17(16)18/h8-9,11H,5-7,10,12-14,18H2,1-4H3. The van der Waals surface area contributed by atoms with Crippen LogP contribution in [0.25, 0.3) is 0 Å². The number of hydrogen-bond donors (Lipinski definition) is 0. The molecule has 0 aliphatic rings. The van der Waals surface area contributed by atoms with Crippen LogP contribution < -0.4 is 5.30 Å². The molecule has 3 heteroatoms. The van der Waals surface area contributed by atoms with E-state index in [0.717, 1.165) is 0 Å². The molecule has 0 bridgehead atoms. The van der Waals surface area contributed by atoms with Crippen molar-refractivity contribution in [2.45, 2.75) is 32.1 Å². The molecule has 0 saturated carbocycles. The van der Waals surface area contributed by atoms with E-state index in [2.05, 4.69) is 54.1 Å². The molecule has 0 spiro atoms. The Labute approximate surface area is 131 Å². The lowest BCUT2D eigenvalue weighted by Gasteiger charge is -2.14. The quantitative estimate of drug-likeness (QED) is 0.446. The van der Waals surface area contributed by atoms with Gasteiger partial charge in [-0.3, -0.25) is 0 Å². The van der Waals surface area contributed by atoms with Crippen molar-refractivity contribution in [2.75, 3.05) is 39.0 Å². The molecule has 0 radical (unpaired) electrons. The Morgan fingerprint density at radius 1 is 0.850 bits per heavy atom. The van der Waals surface area contributed by atoms with E-state index in [4.69, 9.17) is 0 Å². The minimum Gasteiger partial charge on any atom is -0.113 e. The van der Waals surface area contributed by atoms with Crippen molar-refractivity contribution < 1.29 is 0 Å². The van der Waals surface area contributed by atoms with Crippen molar-refractivity contribution in [3.8, 4) is 0 Å². The maximum Gasteiger partial charge on any atom is -0.0237 e. The summed E-state index contributed by atoms with van der Waals surface area (Å²) >= 11 is 0. The topological polar surface area (TPSA) is 0 Å². The molecule has 20 heavy (non-hydrogen) atoms. The normalized spacial score (nSPS) is 11.6. The van der Waals surface area contributed by atoms with Gasteiger partial charge >= 0.3 is 0 Å². The van der Waals surface area contributed by atoms with E-state index in [0.29, 0.717) is 7.92 Å². The highest BCUT2D eigenvalue weighted by Gasteiger charge is 2.06. The van der Waals surface area contributed by atoms with Crippen molar-refractivity contribution in [3.05, 3.63) is 29.3 Å². The third-order valence-corrected chi connectivity index (χ3v) is 6.54. The molecule has 1 aromatic rings. The second kappa shape index (κ2) is 10.3. The average Bonchev–Trinajstić information content (AvgIpc) is 2.37. The Kier molecular flexibility index (Phi) is 9.53. The summed E-state index contributed by atoms with van der Waals surface area (Å²) < 4.78 is 0. The predicted octanol–water partition coefficient (Wildman–Crippen LogP) is 4.93. The van der Waals surface area contributed by atoms with Crippen LogP contribution in [0.4, 0.5) is 0 Å². The zero-order valence-electron chi connectivity index (χ0n) is 13.7. The van der Waals surface area contributed by atoms with Crippen LogP contribution in [-0.4, -0.2) is 39.0 Å². The molecule has 1 atom stereocenters. The van der Waals surface area contributed by atoms with Crippen LogP contribution in [0, 0.1) is 0 Å². The minimum atomic E-state index is 0.223. The van der Waals surface area contributed by atoms with E-state index in [1.54, 1.807) is 11.1 Å². The molecule has 0 aliphatic carbocycles. The molecule has 1 rings (SSSR count).